The predicted molar refractivity (Wildman–Crippen MR) is 154 cm³/mol. The molecule has 0 aliphatic heterocycles. The topological polar surface area (TPSA) is 241 Å². The summed E-state index contributed by atoms with van der Waals surface area (Å²) >= 11 is 0. The Morgan fingerprint density at radius 2 is 1.30 bits per heavy atom. The van der Waals surface area contributed by atoms with E-state index < -0.39 is 23.2 Å². The van der Waals surface area contributed by atoms with E-state index in [0.29, 0.717) is 44.2 Å². The van der Waals surface area contributed by atoms with Gasteiger partial charge in [-0.25, -0.2) is 9.59 Å². The molecule has 0 spiro atoms. The number of benzene rings is 2. The van der Waals surface area contributed by atoms with Crippen LogP contribution in [0.2, 0.25) is 0 Å². The zero-order valence-electron chi connectivity index (χ0n) is 24.9. The van der Waals surface area contributed by atoms with Crippen LogP contribution in [0.25, 0.3) is 27.5 Å². The number of fused-ring (bicyclic) bond motifs is 2. The number of phenols is 2. The first-order valence-electron chi connectivity index (χ1n) is 12.6. The summed E-state index contributed by atoms with van der Waals surface area (Å²) in [5.41, 5.74) is 11.0. The zero-order chi connectivity index (χ0) is 32.4. The van der Waals surface area contributed by atoms with Gasteiger partial charge in [-0.3, -0.25) is 20.3 Å². The van der Waals surface area contributed by atoms with Crippen molar-refractivity contribution in [2.24, 2.45) is 10.5 Å². The maximum absolute atomic E-state index is 11.9. The Labute approximate surface area is 271 Å². The van der Waals surface area contributed by atoms with Gasteiger partial charge in [-0.15, -0.1) is 4.91 Å². The van der Waals surface area contributed by atoms with Crippen molar-refractivity contribution >= 4 is 33.9 Å². The summed E-state index contributed by atoms with van der Waals surface area (Å²) in [5, 5.41) is 33.4. The number of hydrogen-bond acceptors (Lipinski definition) is 12. The molecule has 16 heteroatoms. The maximum Gasteiger partial charge on any atom is 1.00 e. The van der Waals surface area contributed by atoms with Crippen molar-refractivity contribution < 1.29 is 68.0 Å². The fourth-order valence-corrected chi connectivity index (χ4v) is 4.00. The maximum atomic E-state index is 11.9. The van der Waals surface area contributed by atoms with Crippen LogP contribution in [-0.2, 0) is 27.2 Å². The first-order valence-corrected chi connectivity index (χ1v) is 12.6. The number of carbonyl (C=O) groups excluding carboxylic acids is 1. The Morgan fingerprint density at radius 1 is 0.864 bits per heavy atom. The third kappa shape index (κ3) is 9.45. The molecule has 0 aliphatic rings. The van der Waals surface area contributed by atoms with Crippen molar-refractivity contribution in [1.29, 1.82) is 0 Å². The van der Waals surface area contributed by atoms with E-state index in [1.165, 1.54) is 17.7 Å². The number of nitrogens with one attached hydrogen (secondary N) is 1. The van der Waals surface area contributed by atoms with Crippen molar-refractivity contribution in [3.05, 3.63) is 88.9 Å². The molecule has 0 amide bonds. The third-order valence-electron chi connectivity index (χ3n) is 6.25. The number of carboxylic acid groups (broad SMARTS) is 1. The van der Waals surface area contributed by atoms with E-state index in [1.54, 1.807) is 46.8 Å². The predicted octanol–water partition coefficient (Wildman–Crippen LogP) is 1.16. The minimum Gasteiger partial charge on any atom is -0.508 e. The van der Waals surface area contributed by atoms with Crippen molar-refractivity contribution in [3.63, 3.8) is 0 Å². The van der Waals surface area contributed by atoms with E-state index in [0.717, 1.165) is 0 Å². The minimum absolute atomic E-state index is 0. The molecule has 0 atom stereocenters. The van der Waals surface area contributed by atoms with Crippen LogP contribution in [-0.4, -0.2) is 33.9 Å². The molecule has 0 aliphatic carbocycles. The molecule has 4 rings (SSSR count). The van der Waals surface area contributed by atoms with Gasteiger partial charge in [-0.2, -0.15) is 0 Å². The number of rotatable bonds is 7. The standard InChI is InChI=1S/C15H16O5.C13H12O5.HN4O.Na/c1-4-19-14(17)6-11-9(3)10-5-8(2)12(16)7-13(10)20-15(11)18;1-6-3-8-7(2)9(4-12(15)16)13(17)18-11(8)5-10(6)14;1-2-3-4-5;/h5,7,16H,4,6H2,1-3H3;3,5,14H,4H2,1-2H3,(H,15,16);(H-,1,3,5);/q;;-1;+1. The van der Waals surface area contributed by atoms with Crippen LogP contribution >= 0.6 is 0 Å². The molecule has 0 fully saturated rings. The van der Waals surface area contributed by atoms with Crippen LogP contribution in [0.5, 0.6) is 11.5 Å². The molecule has 44 heavy (non-hydrogen) atoms. The number of esters is 1. The summed E-state index contributed by atoms with van der Waals surface area (Å²) < 4.78 is 15.0. The normalized spacial score (nSPS) is 9.93. The molecule has 4 aromatic rings. The van der Waals surface area contributed by atoms with Gasteiger partial charge in [0.2, 0.25) is 0 Å². The van der Waals surface area contributed by atoms with Gasteiger partial charge in [0.05, 0.1) is 30.6 Å². The summed E-state index contributed by atoms with van der Waals surface area (Å²) in [5.74, 6) is -1.44. The average Bonchev–Trinajstić information content (AvgIpc) is 2.93. The number of aliphatic carboxylic acids is 1. The van der Waals surface area contributed by atoms with Gasteiger partial charge >= 0.3 is 52.7 Å². The smallest absolute Gasteiger partial charge is 0.508 e. The van der Waals surface area contributed by atoms with Gasteiger partial charge in [0.25, 0.3) is 0 Å². The molecular weight excluding hydrogens is 591 g/mol. The Hall–Kier alpha value is -4.60. The molecule has 2 aromatic carbocycles. The summed E-state index contributed by atoms with van der Waals surface area (Å²) in [6, 6.07) is 6.18. The first kappa shape index (κ1) is 37.4. The monoisotopic (exact) mass is 620 g/mol. The molecule has 0 radical (unpaired) electrons. The number of carboxylic acids is 1. The van der Waals surface area contributed by atoms with Crippen LogP contribution in [0, 0.1) is 32.6 Å². The second-order valence-corrected chi connectivity index (χ2v) is 9.10. The molecule has 0 saturated heterocycles. The van der Waals surface area contributed by atoms with E-state index in [4.69, 9.17) is 29.1 Å². The Bertz CT molecular complexity index is 1810. The van der Waals surface area contributed by atoms with E-state index in [9.17, 15) is 29.4 Å². The number of aromatic hydroxyl groups is 2. The van der Waals surface area contributed by atoms with E-state index in [-0.39, 0.29) is 71.7 Å². The number of ether oxygens (including phenoxy) is 1. The minimum atomic E-state index is -1.08. The number of nitroso groups, excluding NO2 is 1. The third-order valence-corrected chi connectivity index (χ3v) is 6.25. The summed E-state index contributed by atoms with van der Waals surface area (Å²) in [6.07, 6.45) is -0.484. The van der Waals surface area contributed by atoms with Crippen molar-refractivity contribution in [3.8, 4) is 11.5 Å². The largest absolute Gasteiger partial charge is 1.00 e. The van der Waals surface area contributed by atoms with Gasteiger partial charge < -0.3 is 34.4 Å². The van der Waals surface area contributed by atoms with Crippen LogP contribution in [0.3, 0.4) is 0 Å². The first-order chi connectivity index (χ1) is 20.2. The zero-order valence-corrected chi connectivity index (χ0v) is 26.9. The summed E-state index contributed by atoms with van der Waals surface area (Å²) in [7, 11) is 0. The van der Waals surface area contributed by atoms with Crippen LogP contribution in [0.1, 0.15) is 40.3 Å². The molecular formula is C28H29N4NaO11. The van der Waals surface area contributed by atoms with E-state index in [2.05, 4.69) is 5.22 Å². The SMILES string of the molecule is CCOC(=O)Cc1c(C)c2cc(C)c(O)cc2oc1=O.Cc1cc2c(C)c(CC(=O)O)c(=O)oc2cc1O.[N-]=NNN=O.[Na+]. The van der Waals surface area contributed by atoms with Crippen molar-refractivity contribution in [2.75, 3.05) is 6.61 Å². The van der Waals surface area contributed by atoms with Gasteiger partial charge in [0.1, 0.15) is 22.7 Å². The van der Waals surface area contributed by atoms with Crippen LogP contribution in [0.15, 0.2) is 53.2 Å². The van der Waals surface area contributed by atoms with Gasteiger partial charge in [0, 0.05) is 22.9 Å². The number of nitrogens with zero attached hydrogens (tertiary/aromatic N) is 3. The number of carbonyl (C=O) groups is 2. The Morgan fingerprint density at radius 3 is 1.64 bits per heavy atom. The van der Waals surface area contributed by atoms with Crippen LogP contribution < -0.4 is 46.3 Å². The molecule has 2 heterocycles. The van der Waals surface area contributed by atoms with E-state index >= 15 is 0 Å². The summed E-state index contributed by atoms with van der Waals surface area (Å²) in [6.45, 7) is 8.88. The number of phenolic OH excluding ortho intramolecular Hbond substituents is 2. The molecule has 0 bridgehead atoms. The Balaban J connectivity index is 0.000000376. The Kier molecular flexibility index (Phi) is 14.4. The quantitative estimate of drug-likeness (QED) is 0.0568. The number of aryl methyl sites for hydroxylation is 4. The van der Waals surface area contributed by atoms with Crippen molar-refractivity contribution in [2.45, 2.75) is 47.5 Å². The second-order valence-electron chi connectivity index (χ2n) is 9.10. The fourth-order valence-electron chi connectivity index (χ4n) is 4.00. The molecule has 0 saturated carbocycles. The van der Waals surface area contributed by atoms with Crippen LogP contribution in [0.4, 0.5) is 0 Å². The van der Waals surface area contributed by atoms with Crippen molar-refractivity contribution in [1.82, 2.24) is 5.53 Å². The summed E-state index contributed by atoms with van der Waals surface area (Å²) in [4.78, 5) is 54.6. The average molecular weight is 621 g/mol. The molecule has 15 nitrogen and oxygen atoms in total. The molecule has 228 valence electrons. The number of hydrogen-bond donors (Lipinski definition) is 4. The fraction of sp³-hybridized carbons (Fsp3) is 0.286. The molecule has 0 unspecified atom stereocenters. The van der Waals surface area contributed by atoms with Gasteiger partial charge in [0.15, 0.2) is 0 Å². The van der Waals surface area contributed by atoms with Gasteiger partial charge in [-0.05, 0) is 74.3 Å². The second kappa shape index (κ2) is 16.9. The molecule has 4 N–H and O–H groups in total. The van der Waals surface area contributed by atoms with E-state index in [1.807, 2.05) is 5.29 Å². The molecule has 2 aromatic heterocycles. The van der Waals surface area contributed by atoms with Gasteiger partial charge in [-0.1, -0.05) is 0 Å².